The van der Waals surface area contributed by atoms with E-state index in [4.69, 9.17) is 4.74 Å². The zero-order valence-electron chi connectivity index (χ0n) is 19.2. The van der Waals surface area contributed by atoms with Gasteiger partial charge in [-0.1, -0.05) is 0 Å². The molecule has 0 atom stereocenters. The number of nitro groups is 1. The summed E-state index contributed by atoms with van der Waals surface area (Å²) in [6, 6.07) is 11.0. The summed E-state index contributed by atoms with van der Waals surface area (Å²) >= 11 is 0. The minimum Gasteiger partial charge on any atom is -0.504 e. The summed E-state index contributed by atoms with van der Waals surface area (Å²) in [6.07, 6.45) is 4.81. The van der Waals surface area contributed by atoms with Crippen molar-refractivity contribution in [1.82, 2.24) is 15.0 Å². The lowest BCUT2D eigenvalue weighted by molar-refractivity contribution is -0.384. The van der Waals surface area contributed by atoms with Crippen molar-refractivity contribution < 1.29 is 14.8 Å². The number of piperidine rings is 1. The highest BCUT2D eigenvalue weighted by molar-refractivity contribution is 5.81. The third-order valence-electron chi connectivity index (χ3n) is 5.26. The smallest absolute Gasteiger partial charge is 0.269 e. The maximum atomic E-state index is 10.9. The number of rotatable bonds is 9. The van der Waals surface area contributed by atoms with Gasteiger partial charge in [-0.15, -0.1) is 0 Å². The van der Waals surface area contributed by atoms with Crippen molar-refractivity contribution in [2.75, 3.05) is 35.3 Å². The highest BCUT2D eigenvalue weighted by Crippen LogP contribution is 2.26. The molecule has 0 bridgehead atoms. The van der Waals surface area contributed by atoms with Crippen molar-refractivity contribution in [3.63, 3.8) is 0 Å². The fraction of sp³-hybridized carbons (Fsp3) is 0.304. The van der Waals surface area contributed by atoms with Gasteiger partial charge in [-0.3, -0.25) is 10.1 Å². The molecule has 0 radical (unpaired) electrons. The molecule has 3 aromatic rings. The Morgan fingerprint density at radius 3 is 2.54 bits per heavy atom. The van der Waals surface area contributed by atoms with Gasteiger partial charge in [0.25, 0.3) is 5.69 Å². The number of nitro benzene ring substituents is 1. The minimum atomic E-state index is -0.453. The third-order valence-corrected chi connectivity index (χ3v) is 5.26. The summed E-state index contributed by atoms with van der Waals surface area (Å²) in [6.45, 7) is 3.98. The predicted octanol–water partition coefficient (Wildman–Crippen LogP) is 4.06. The lowest BCUT2D eigenvalue weighted by atomic mass is 10.1. The van der Waals surface area contributed by atoms with Crippen molar-refractivity contribution in [3.05, 3.63) is 58.1 Å². The molecule has 12 heteroatoms. The molecule has 4 rings (SSSR count). The number of nitrogens with zero attached hydrogens (tertiary/aromatic N) is 6. The number of anilines is 4. The number of aromatic nitrogens is 3. The Balaban J connectivity index is 1.53. The van der Waals surface area contributed by atoms with Crippen LogP contribution < -0.4 is 20.4 Å². The Morgan fingerprint density at radius 2 is 1.86 bits per heavy atom. The van der Waals surface area contributed by atoms with Gasteiger partial charge in [0.05, 0.1) is 17.7 Å². The van der Waals surface area contributed by atoms with Gasteiger partial charge < -0.3 is 20.1 Å². The molecule has 0 aliphatic carbocycles. The minimum absolute atomic E-state index is 0.00257. The number of hydrogen-bond acceptors (Lipinski definition) is 11. The zero-order valence-corrected chi connectivity index (χ0v) is 19.2. The summed E-state index contributed by atoms with van der Waals surface area (Å²) in [5.74, 6) is 1.46. The molecule has 1 saturated heterocycles. The summed E-state index contributed by atoms with van der Waals surface area (Å²) in [5.41, 5.74) is 4.08. The van der Waals surface area contributed by atoms with Gasteiger partial charge in [-0.05, 0) is 62.1 Å². The average Bonchev–Trinajstić information content (AvgIpc) is 2.86. The lowest BCUT2D eigenvalue weighted by Gasteiger charge is -2.26. The average molecular weight is 479 g/mol. The van der Waals surface area contributed by atoms with Gasteiger partial charge in [-0.2, -0.15) is 20.1 Å². The number of benzene rings is 2. The molecule has 1 aliphatic rings. The first-order chi connectivity index (χ1) is 17.0. The molecule has 12 nitrogen and oxygen atoms in total. The van der Waals surface area contributed by atoms with Gasteiger partial charge in [0.2, 0.25) is 17.8 Å². The van der Waals surface area contributed by atoms with E-state index in [9.17, 15) is 15.2 Å². The van der Waals surface area contributed by atoms with E-state index in [1.165, 1.54) is 24.8 Å². The number of phenolic OH excluding ortho intramolecular Hbond substituents is 1. The van der Waals surface area contributed by atoms with Crippen LogP contribution >= 0.6 is 0 Å². The van der Waals surface area contributed by atoms with E-state index in [1.54, 1.807) is 30.3 Å². The molecule has 1 aromatic heterocycles. The third kappa shape index (κ3) is 6.31. The Hall–Kier alpha value is -4.48. The number of phenols is 1. The quantitative estimate of drug-likeness (QED) is 0.233. The fourth-order valence-electron chi connectivity index (χ4n) is 3.56. The summed E-state index contributed by atoms with van der Waals surface area (Å²) in [5, 5.41) is 28.2. The number of hydrogen-bond donors (Lipinski definition) is 3. The van der Waals surface area contributed by atoms with Crippen LogP contribution in [0.15, 0.2) is 47.6 Å². The van der Waals surface area contributed by atoms with Crippen molar-refractivity contribution >= 4 is 35.4 Å². The van der Waals surface area contributed by atoms with Crippen LogP contribution in [0.1, 0.15) is 31.7 Å². The number of nitrogens with one attached hydrogen (secondary N) is 2. The first-order valence-corrected chi connectivity index (χ1v) is 11.3. The fourth-order valence-corrected chi connectivity index (χ4v) is 3.56. The van der Waals surface area contributed by atoms with E-state index in [2.05, 4.69) is 35.7 Å². The van der Waals surface area contributed by atoms with Gasteiger partial charge in [0, 0.05) is 30.9 Å². The number of aromatic hydroxyl groups is 1. The predicted molar refractivity (Wildman–Crippen MR) is 133 cm³/mol. The van der Waals surface area contributed by atoms with Crippen LogP contribution in [0.4, 0.5) is 29.2 Å². The standard InChI is InChI=1S/C23H26N8O4/c1-2-35-20-11-6-16(14-19(20)32)15-24-29-22-26-21(25-17-7-9-18(10-8-17)31(33)34)27-23(28-22)30-12-4-3-5-13-30/h6-11,14-15,32H,2-5,12-13H2,1H3,(H2,25,26,27,28,29)/b24-15+. The molecule has 1 fully saturated rings. The second-order valence-electron chi connectivity index (χ2n) is 7.79. The van der Waals surface area contributed by atoms with Crippen molar-refractivity contribution in [1.29, 1.82) is 0 Å². The van der Waals surface area contributed by atoms with Crippen LogP contribution in [-0.2, 0) is 0 Å². The van der Waals surface area contributed by atoms with Crippen LogP contribution in [0, 0.1) is 10.1 Å². The van der Waals surface area contributed by atoms with Crippen LogP contribution in [0.5, 0.6) is 11.5 Å². The second-order valence-corrected chi connectivity index (χ2v) is 7.79. The maximum absolute atomic E-state index is 10.9. The number of non-ortho nitro benzene ring substituents is 1. The molecular formula is C23H26N8O4. The molecule has 182 valence electrons. The molecule has 0 spiro atoms. The van der Waals surface area contributed by atoms with Gasteiger partial charge in [0.15, 0.2) is 11.5 Å². The highest BCUT2D eigenvalue weighted by Gasteiger charge is 2.16. The Kier molecular flexibility index (Phi) is 7.50. The molecule has 3 N–H and O–H groups in total. The summed E-state index contributed by atoms with van der Waals surface area (Å²) in [7, 11) is 0. The molecular weight excluding hydrogens is 452 g/mol. The Labute approximate surface area is 201 Å². The van der Waals surface area contributed by atoms with Gasteiger partial charge in [-0.25, -0.2) is 5.43 Å². The van der Waals surface area contributed by atoms with Gasteiger partial charge in [0.1, 0.15) is 0 Å². The van der Waals surface area contributed by atoms with E-state index < -0.39 is 4.92 Å². The monoisotopic (exact) mass is 478 g/mol. The van der Waals surface area contributed by atoms with Crippen LogP contribution in [0.25, 0.3) is 0 Å². The Bertz CT molecular complexity index is 1200. The molecule has 0 saturated carbocycles. The van der Waals surface area contributed by atoms with Crippen molar-refractivity contribution in [2.45, 2.75) is 26.2 Å². The molecule has 0 unspecified atom stereocenters. The maximum Gasteiger partial charge on any atom is 0.269 e. The Morgan fingerprint density at radius 1 is 1.11 bits per heavy atom. The van der Waals surface area contributed by atoms with Crippen molar-refractivity contribution in [3.8, 4) is 11.5 Å². The highest BCUT2D eigenvalue weighted by atomic mass is 16.6. The van der Waals surface area contributed by atoms with Crippen molar-refractivity contribution in [2.24, 2.45) is 5.10 Å². The second kappa shape index (κ2) is 11.1. The summed E-state index contributed by atoms with van der Waals surface area (Å²) < 4.78 is 5.33. The lowest BCUT2D eigenvalue weighted by Crippen LogP contribution is -2.31. The topological polar surface area (TPSA) is 151 Å². The number of ether oxygens (including phenoxy) is 1. The first kappa shape index (κ1) is 23.7. The largest absolute Gasteiger partial charge is 0.504 e. The molecule has 2 aromatic carbocycles. The van der Waals surface area contributed by atoms with E-state index in [0.29, 0.717) is 29.6 Å². The van der Waals surface area contributed by atoms with Crippen LogP contribution in [-0.4, -0.2) is 50.9 Å². The summed E-state index contributed by atoms with van der Waals surface area (Å²) in [4.78, 5) is 26.0. The number of hydrazone groups is 1. The van der Waals surface area contributed by atoms with E-state index in [1.807, 2.05) is 6.92 Å². The zero-order chi connectivity index (χ0) is 24.6. The SMILES string of the molecule is CCOc1ccc(/C=N/Nc2nc(Nc3ccc([N+](=O)[O-])cc3)nc(N3CCCCC3)n2)cc1O. The molecule has 2 heterocycles. The first-order valence-electron chi connectivity index (χ1n) is 11.3. The van der Waals surface area contributed by atoms with Crippen LogP contribution in [0.2, 0.25) is 0 Å². The molecule has 1 aliphatic heterocycles. The van der Waals surface area contributed by atoms with Gasteiger partial charge >= 0.3 is 0 Å². The normalized spacial score (nSPS) is 13.6. The van der Waals surface area contributed by atoms with E-state index in [0.717, 1.165) is 25.9 Å². The van der Waals surface area contributed by atoms with E-state index in [-0.39, 0.29) is 23.3 Å². The molecule has 35 heavy (non-hydrogen) atoms. The molecule has 0 amide bonds. The van der Waals surface area contributed by atoms with E-state index >= 15 is 0 Å². The van der Waals surface area contributed by atoms with Crippen LogP contribution in [0.3, 0.4) is 0 Å².